The third-order valence-corrected chi connectivity index (χ3v) is 2.72. The zero-order chi connectivity index (χ0) is 14.7. The van der Waals surface area contributed by atoms with Crippen LogP contribution in [-0.4, -0.2) is 20.2 Å². The van der Waals surface area contributed by atoms with Crippen LogP contribution in [-0.2, 0) is 0 Å². The van der Waals surface area contributed by atoms with E-state index in [2.05, 4.69) is 0 Å². The van der Waals surface area contributed by atoms with Crippen molar-refractivity contribution in [1.82, 2.24) is 0 Å². The molecular formula is C14H11NO5. The maximum absolute atomic E-state index is 10.5. The highest BCUT2D eigenvalue weighted by molar-refractivity contribution is 5.75. The van der Waals surface area contributed by atoms with Crippen LogP contribution >= 0.6 is 0 Å². The summed E-state index contributed by atoms with van der Waals surface area (Å²) in [6.07, 6.45) is 3.14. The molecule has 0 atom stereocenters. The van der Waals surface area contributed by atoms with E-state index in [1.807, 2.05) is 0 Å². The molecule has 0 aliphatic carbocycles. The van der Waals surface area contributed by atoms with Crippen LogP contribution in [0, 0.1) is 10.1 Å². The van der Waals surface area contributed by atoms with Gasteiger partial charge in [-0.1, -0.05) is 12.2 Å². The highest BCUT2D eigenvalue weighted by atomic mass is 16.6. The van der Waals surface area contributed by atoms with Gasteiger partial charge in [0.05, 0.1) is 4.92 Å². The summed E-state index contributed by atoms with van der Waals surface area (Å²) in [6, 6.07) is 8.55. The molecule has 0 heterocycles. The molecule has 0 fully saturated rings. The highest BCUT2D eigenvalue weighted by Gasteiger charge is 2.08. The summed E-state index contributed by atoms with van der Waals surface area (Å²) in [5, 5.41) is 38.7. The second kappa shape index (κ2) is 5.31. The van der Waals surface area contributed by atoms with Gasteiger partial charge in [-0.3, -0.25) is 10.1 Å². The van der Waals surface area contributed by atoms with Crippen LogP contribution in [0.3, 0.4) is 0 Å². The largest absolute Gasteiger partial charge is 0.504 e. The molecule has 2 rings (SSSR count). The lowest BCUT2D eigenvalue weighted by molar-refractivity contribution is -0.384. The molecule has 0 radical (unpaired) electrons. The van der Waals surface area contributed by atoms with E-state index < -0.39 is 22.2 Å². The van der Waals surface area contributed by atoms with Gasteiger partial charge in [-0.15, -0.1) is 0 Å². The lowest BCUT2D eigenvalue weighted by Crippen LogP contribution is -1.86. The fraction of sp³-hybridized carbons (Fsp3) is 0. The van der Waals surface area contributed by atoms with Gasteiger partial charge in [0.2, 0.25) is 5.75 Å². The Morgan fingerprint density at radius 1 is 0.900 bits per heavy atom. The van der Waals surface area contributed by atoms with Gasteiger partial charge in [-0.05, 0) is 29.8 Å². The number of rotatable bonds is 3. The quantitative estimate of drug-likeness (QED) is 0.345. The lowest BCUT2D eigenvalue weighted by Gasteiger charge is -2.03. The van der Waals surface area contributed by atoms with Crippen LogP contribution in [0.1, 0.15) is 11.1 Å². The van der Waals surface area contributed by atoms with Gasteiger partial charge in [-0.25, -0.2) is 0 Å². The first kappa shape index (κ1) is 13.4. The molecular weight excluding hydrogens is 262 g/mol. The molecule has 0 saturated heterocycles. The zero-order valence-corrected chi connectivity index (χ0v) is 10.2. The Bertz CT molecular complexity index is 677. The van der Waals surface area contributed by atoms with E-state index in [0.29, 0.717) is 11.1 Å². The predicted octanol–water partition coefficient (Wildman–Crippen LogP) is 2.88. The number of non-ortho nitro benzene ring substituents is 1. The number of phenols is 3. The molecule has 0 spiro atoms. The van der Waals surface area contributed by atoms with Gasteiger partial charge in [0.1, 0.15) is 0 Å². The zero-order valence-electron chi connectivity index (χ0n) is 10.2. The van der Waals surface area contributed by atoms with E-state index >= 15 is 0 Å². The Morgan fingerprint density at radius 3 is 2.15 bits per heavy atom. The first-order valence-electron chi connectivity index (χ1n) is 5.65. The third-order valence-electron chi connectivity index (χ3n) is 2.72. The monoisotopic (exact) mass is 273 g/mol. The second-order valence-electron chi connectivity index (χ2n) is 4.05. The van der Waals surface area contributed by atoms with Crippen LogP contribution in [0.4, 0.5) is 5.69 Å². The van der Waals surface area contributed by atoms with Gasteiger partial charge in [-0.2, -0.15) is 0 Å². The standard InChI is InChI=1S/C14H11NO5/c16-12-8-5-10(13(17)14(12)18)4-1-9-2-6-11(7-3-9)15(19)20/h1-8,16-18H. The van der Waals surface area contributed by atoms with Gasteiger partial charge < -0.3 is 15.3 Å². The molecule has 20 heavy (non-hydrogen) atoms. The van der Waals surface area contributed by atoms with Crippen molar-refractivity contribution in [1.29, 1.82) is 0 Å². The summed E-state index contributed by atoms with van der Waals surface area (Å²) >= 11 is 0. The number of hydrogen-bond donors (Lipinski definition) is 3. The molecule has 0 aliphatic rings. The summed E-state index contributed by atoms with van der Waals surface area (Å²) in [7, 11) is 0. The summed E-state index contributed by atoms with van der Waals surface area (Å²) in [4.78, 5) is 10.0. The van der Waals surface area contributed by atoms with Crippen molar-refractivity contribution in [2.24, 2.45) is 0 Å². The van der Waals surface area contributed by atoms with E-state index in [9.17, 15) is 25.4 Å². The van der Waals surface area contributed by atoms with Crippen molar-refractivity contribution >= 4 is 17.8 Å². The predicted molar refractivity (Wildman–Crippen MR) is 73.5 cm³/mol. The van der Waals surface area contributed by atoms with Crippen molar-refractivity contribution in [3.63, 3.8) is 0 Å². The smallest absolute Gasteiger partial charge is 0.269 e. The van der Waals surface area contributed by atoms with Crippen molar-refractivity contribution in [3.05, 3.63) is 57.6 Å². The molecule has 0 aliphatic heterocycles. The normalized spacial score (nSPS) is 10.8. The molecule has 0 bridgehead atoms. The van der Waals surface area contributed by atoms with Gasteiger partial charge >= 0.3 is 0 Å². The molecule has 6 heteroatoms. The minimum atomic E-state index is -0.587. The molecule has 3 N–H and O–H groups in total. The number of benzene rings is 2. The first-order chi connectivity index (χ1) is 9.49. The van der Waals surface area contributed by atoms with E-state index in [1.165, 1.54) is 30.3 Å². The van der Waals surface area contributed by atoms with Crippen molar-refractivity contribution < 1.29 is 20.2 Å². The molecule has 0 saturated carbocycles. The molecule has 0 amide bonds. The number of hydrogen-bond acceptors (Lipinski definition) is 5. The highest BCUT2D eigenvalue weighted by Crippen LogP contribution is 2.37. The molecule has 2 aromatic rings. The van der Waals surface area contributed by atoms with Crippen LogP contribution < -0.4 is 0 Å². The molecule has 0 aromatic heterocycles. The number of phenolic OH excluding ortho intramolecular Hbond substituents is 3. The fourth-order valence-corrected chi connectivity index (χ4v) is 1.61. The Hall–Kier alpha value is -3.02. The summed E-state index contributed by atoms with van der Waals surface area (Å²) < 4.78 is 0. The number of nitro groups is 1. The van der Waals surface area contributed by atoms with E-state index in [-0.39, 0.29) is 5.69 Å². The van der Waals surface area contributed by atoms with Crippen LogP contribution in [0.25, 0.3) is 12.2 Å². The van der Waals surface area contributed by atoms with E-state index in [0.717, 1.165) is 0 Å². The number of aromatic hydroxyl groups is 3. The van der Waals surface area contributed by atoms with Gasteiger partial charge in [0.25, 0.3) is 5.69 Å². The molecule has 2 aromatic carbocycles. The third kappa shape index (κ3) is 2.69. The Morgan fingerprint density at radius 2 is 1.55 bits per heavy atom. The van der Waals surface area contributed by atoms with E-state index in [4.69, 9.17) is 0 Å². The maximum atomic E-state index is 10.5. The summed E-state index contributed by atoms with van der Waals surface area (Å²) in [5.74, 6) is -1.42. The van der Waals surface area contributed by atoms with Crippen LogP contribution in [0.15, 0.2) is 36.4 Å². The Kier molecular flexibility index (Phi) is 3.56. The van der Waals surface area contributed by atoms with Gasteiger partial charge in [0, 0.05) is 17.7 Å². The Labute approximate surface area is 114 Å². The molecule has 0 unspecified atom stereocenters. The topological polar surface area (TPSA) is 104 Å². The minimum Gasteiger partial charge on any atom is -0.504 e. The first-order valence-corrected chi connectivity index (χ1v) is 5.65. The molecule has 6 nitrogen and oxygen atoms in total. The average Bonchev–Trinajstić information content (AvgIpc) is 2.44. The van der Waals surface area contributed by atoms with Crippen LogP contribution in [0.2, 0.25) is 0 Å². The van der Waals surface area contributed by atoms with E-state index in [1.54, 1.807) is 18.2 Å². The lowest BCUT2D eigenvalue weighted by atomic mass is 10.1. The summed E-state index contributed by atoms with van der Waals surface area (Å²) in [6.45, 7) is 0. The maximum Gasteiger partial charge on any atom is 0.269 e. The van der Waals surface area contributed by atoms with Gasteiger partial charge in [0.15, 0.2) is 11.5 Å². The minimum absolute atomic E-state index is 0.00715. The SMILES string of the molecule is O=[N+]([O-])c1ccc(C=Cc2ccc(O)c(O)c2O)cc1. The van der Waals surface area contributed by atoms with Crippen molar-refractivity contribution in [2.45, 2.75) is 0 Å². The number of nitrogens with zero attached hydrogens (tertiary/aromatic N) is 1. The van der Waals surface area contributed by atoms with Crippen molar-refractivity contribution in [3.8, 4) is 17.2 Å². The second-order valence-corrected chi connectivity index (χ2v) is 4.05. The average molecular weight is 273 g/mol. The van der Waals surface area contributed by atoms with Crippen LogP contribution in [0.5, 0.6) is 17.2 Å². The summed E-state index contributed by atoms with van der Waals surface area (Å²) in [5.41, 5.74) is 1.01. The molecule has 102 valence electrons. The fourth-order valence-electron chi connectivity index (χ4n) is 1.61. The number of nitro benzene ring substituents is 1. The van der Waals surface area contributed by atoms with Crippen molar-refractivity contribution in [2.75, 3.05) is 0 Å². The Balaban J connectivity index is 2.25.